The van der Waals surface area contributed by atoms with E-state index in [9.17, 15) is 0 Å². The van der Waals surface area contributed by atoms with Gasteiger partial charge in [-0.25, -0.2) is 15.0 Å². The zero-order valence-corrected chi connectivity index (χ0v) is 10.9. The Bertz CT molecular complexity index is 707. The molecular weight excluding hydrogens is 260 g/mol. The Hall–Kier alpha value is -2.20. The van der Waals surface area contributed by atoms with Crippen molar-refractivity contribution in [1.29, 1.82) is 0 Å². The van der Waals surface area contributed by atoms with Gasteiger partial charge in [0.15, 0.2) is 6.33 Å². The molecule has 5 heteroatoms. The number of H-pyrrole nitrogens is 1. The van der Waals surface area contributed by atoms with Crippen LogP contribution in [0.4, 0.5) is 0 Å². The minimum atomic E-state index is 0.707. The van der Waals surface area contributed by atoms with Gasteiger partial charge in [0.2, 0.25) is 0 Å². The zero-order valence-electron chi connectivity index (χ0n) is 10.2. The molecular formula is C14H10ClN4. The van der Waals surface area contributed by atoms with Crippen molar-refractivity contribution >= 4 is 11.6 Å². The number of hydrogen-bond acceptors (Lipinski definition) is 3. The first-order chi connectivity index (χ1) is 9.25. The number of nitrogens with one attached hydrogen (secondary N) is 1. The van der Waals surface area contributed by atoms with Gasteiger partial charge >= 0.3 is 0 Å². The quantitative estimate of drug-likeness (QED) is 0.777. The van der Waals surface area contributed by atoms with Gasteiger partial charge in [-0.1, -0.05) is 17.7 Å². The van der Waals surface area contributed by atoms with E-state index in [0.717, 1.165) is 28.2 Å². The lowest BCUT2D eigenvalue weighted by atomic mass is 10.0. The number of imidazole rings is 1. The van der Waals surface area contributed by atoms with Crippen LogP contribution in [0.1, 0.15) is 5.56 Å². The van der Waals surface area contributed by atoms with Gasteiger partial charge in [-0.2, -0.15) is 0 Å². The molecule has 0 aliphatic heterocycles. The van der Waals surface area contributed by atoms with Gasteiger partial charge in [0.1, 0.15) is 5.82 Å². The fourth-order valence-corrected chi connectivity index (χ4v) is 2.20. The Morgan fingerprint density at radius 3 is 2.89 bits per heavy atom. The number of benzene rings is 1. The second-order valence-electron chi connectivity index (χ2n) is 4.13. The SMILES string of the molecule is Cc1cc(Cl)ccc1-c1n[c]ncc1-c1ncc[nH]1. The number of halogens is 1. The monoisotopic (exact) mass is 269 g/mol. The molecule has 3 aromatic rings. The van der Waals surface area contributed by atoms with E-state index in [1.807, 2.05) is 25.1 Å². The number of rotatable bonds is 2. The molecule has 19 heavy (non-hydrogen) atoms. The van der Waals surface area contributed by atoms with Crippen molar-refractivity contribution in [3.63, 3.8) is 0 Å². The molecule has 0 fully saturated rings. The van der Waals surface area contributed by atoms with Gasteiger partial charge in [0.25, 0.3) is 0 Å². The number of aromatic nitrogens is 4. The summed E-state index contributed by atoms with van der Waals surface area (Å²) in [5.74, 6) is 0.735. The standard InChI is InChI=1S/C14H10ClN4/c1-9-6-10(15)2-3-11(9)13-12(7-16-8-19-13)14-17-4-5-18-14/h2-7H,1H3,(H,17,18). The summed E-state index contributed by atoms with van der Waals surface area (Å²) in [6, 6.07) is 5.70. The van der Waals surface area contributed by atoms with E-state index in [2.05, 4.69) is 26.3 Å². The maximum Gasteiger partial charge on any atom is 0.198 e. The summed E-state index contributed by atoms with van der Waals surface area (Å²) in [7, 11) is 0. The van der Waals surface area contributed by atoms with Crippen molar-refractivity contribution in [3.8, 4) is 22.6 Å². The number of hydrogen-bond donors (Lipinski definition) is 1. The second-order valence-corrected chi connectivity index (χ2v) is 4.57. The first-order valence-corrected chi connectivity index (χ1v) is 6.13. The lowest BCUT2D eigenvalue weighted by Crippen LogP contribution is -1.94. The second kappa shape index (κ2) is 4.82. The molecule has 0 saturated heterocycles. The van der Waals surface area contributed by atoms with Crippen LogP contribution in [0.25, 0.3) is 22.6 Å². The predicted octanol–water partition coefficient (Wildman–Crippen LogP) is 3.30. The van der Waals surface area contributed by atoms with Crippen molar-refractivity contribution < 1.29 is 0 Å². The Labute approximate surface area is 115 Å². The molecule has 0 aliphatic rings. The largest absolute Gasteiger partial charge is 0.345 e. The molecule has 0 saturated carbocycles. The third-order valence-corrected chi connectivity index (χ3v) is 3.10. The van der Waals surface area contributed by atoms with Crippen LogP contribution in [-0.4, -0.2) is 19.9 Å². The summed E-state index contributed by atoms with van der Waals surface area (Å²) >= 11 is 5.98. The van der Waals surface area contributed by atoms with E-state index < -0.39 is 0 Å². The molecule has 0 unspecified atom stereocenters. The lowest BCUT2D eigenvalue weighted by molar-refractivity contribution is 1.14. The fourth-order valence-electron chi connectivity index (χ4n) is 1.98. The molecule has 1 radical (unpaired) electrons. The Kier molecular flexibility index (Phi) is 3.01. The first kappa shape index (κ1) is 11.9. The van der Waals surface area contributed by atoms with Crippen molar-refractivity contribution in [3.05, 3.63) is 53.7 Å². The van der Waals surface area contributed by atoms with E-state index in [1.54, 1.807) is 18.6 Å². The van der Waals surface area contributed by atoms with Gasteiger partial charge in [0.05, 0.1) is 11.3 Å². The van der Waals surface area contributed by atoms with Crippen LogP contribution >= 0.6 is 11.6 Å². The van der Waals surface area contributed by atoms with Crippen LogP contribution in [0.5, 0.6) is 0 Å². The smallest absolute Gasteiger partial charge is 0.198 e. The van der Waals surface area contributed by atoms with Crippen molar-refractivity contribution in [1.82, 2.24) is 19.9 Å². The van der Waals surface area contributed by atoms with Crippen molar-refractivity contribution in [2.75, 3.05) is 0 Å². The highest BCUT2D eigenvalue weighted by Crippen LogP contribution is 2.30. The van der Waals surface area contributed by atoms with Gasteiger partial charge in [-0.3, -0.25) is 0 Å². The molecule has 1 aromatic carbocycles. The summed E-state index contributed by atoms with van der Waals surface area (Å²) in [5, 5.41) is 0.707. The third-order valence-electron chi connectivity index (χ3n) is 2.87. The average Bonchev–Trinajstić information content (AvgIpc) is 2.93. The highest BCUT2D eigenvalue weighted by Gasteiger charge is 2.13. The molecule has 93 valence electrons. The van der Waals surface area contributed by atoms with Gasteiger partial charge < -0.3 is 4.98 Å². The Morgan fingerprint density at radius 1 is 1.26 bits per heavy atom. The highest BCUT2D eigenvalue weighted by atomic mass is 35.5. The van der Waals surface area contributed by atoms with Crippen LogP contribution in [0, 0.1) is 13.3 Å². The van der Waals surface area contributed by atoms with Crippen molar-refractivity contribution in [2.45, 2.75) is 6.92 Å². The van der Waals surface area contributed by atoms with Gasteiger partial charge in [-0.15, -0.1) is 0 Å². The predicted molar refractivity (Wildman–Crippen MR) is 73.6 cm³/mol. The molecule has 0 bridgehead atoms. The Balaban J connectivity index is 2.21. The minimum absolute atomic E-state index is 0.707. The lowest BCUT2D eigenvalue weighted by Gasteiger charge is -2.08. The van der Waals surface area contributed by atoms with E-state index in [0.29, 0.717) is 5.02 Å². The molecule has 0 aliphatic carbocycles. The third kappa shape index (κ3) is 2.22. The number of aromatic amines is 1. The molecule has 0 amide bonds. The molecule has 4 nitrogen and oxygen atoms in total. The maximum absolute atomic E-state index is 5.98. The van der Waals surface area contributed by atoms with E-state index in [-0.39, 0.29) is 0 Å². The van der Waals surface area contributed by atoms with Crippen LogP contribution < -0.4 is 0 Å². The molecule has 2 heterocycles. The number of nitrogens with zero attached hydrogens (tertiary/aromatic N) is 3. The van der Waals surface area contributed by atoms with E-state index in [1.165, 1.54) is 0 Å². The molecule has 2 aromatic heterocycles. The van der Waals surface area contributed by atoms with Crippen LogP contribution in [0.2, 0.25) is 5.02 Å². The summed E-state index contributed by atoms with van der Waals surface area (Å²) in [5.41, 5.74) is 3.68. The summed E-state index contributed by atoms with van der Waals surface area (Å²) < 4.78 is 0. The highest BCUT2D eigenvalue weighted by molar-refractivity contribution is 6.30. The minimum Gasteiger partial charge on any atom is -0.345 e. The fraction of sp³-hybridized carbons (Fsp3) is 0.0714. The van der Waals surface area contributed by atoms with Crippen LogP contribution in [0.3, 0.4) is 0 Å². The average molecular weight is 270 g/mol. The zero-order chi connectivity index (χ0) is 13.2. The van der Waals surface area contributed by atoms with Crippen LogP contribution in [0.15, 0.2) is 36.8 Å². The normalized spacial score (nSPS) is 10.6. The Morgan fingerprint density at radius 2 is 2.16 bits per heavy atom. The molecule has 1 N–H and O–H groups in total. The van der Waals surface area contributed by atoms with Gasteiger partial charge in [-0.05, 0) is 24.6 Å². The first-order valence-electron chi connectivity index (χ1n) is 5.75. The topological polar surface area (TPSA) is 54.5 Å². The summed E-state index contributed by atoms with van der Waals surface area (Å²) in [6.07, 6.45) is 7.80. The van der Waals surface area contributed by atoms with Crippen LogP contribution in [-0.2, 0) is 0 Å². The molecule has 0 spiro atoms. The summed E-state index contributed by atoms with van der Waals surface area (Å²) in [4.78, 5) is 15.5. The summed E-state index contributed by atoms with van der Waals surface area (Å²) in [6.45, 7) is 2.00. The van der Waals surface area contributed by atoms with Gasteiger partial charge in [0, 0.05) is 29.2 Å². The van der Waals surface area contributed by atoms with Crippen molar-refractivity contribution in [2.24, 2.45) is 0 Å². The molecule has 3 rings (SSSR count). The van der Waals surface area contributed by atoms with E-state index >= 15 is 0 Å². The maximum atomic E-state index is 5.98. The van der Waals surface area contributed by atoms with E-state index in [4.69, 9.17) is 11.6 Å². The number of aryl methyl sites for hydroxylation is 1. The molecule has 0 atom stereocenters.